The van der Waals surface area contributed by atoms with Crippen molar-refractivity contribution in [3.63, 3.8) is 0 Å². The summed E-state index contributed by atoms with van der Waals surface area (Å²) < 4.78 is 16.2. The van der Waals surface area contributed by atoms with E-state index in [1.165, 1.54) is 6.92 Å². The van der Waals surface area contributed by atoms with Gasteiger partial charge in [0.05, 0.1) is 12.3 Å². The molecule has 0 bridgehead atoms. The first kappa shape index (κ1) is 19.8. The Kier molecular flexibility index (Phi) is 6.54. The third-order valence-electron chi connectivity index (χ3n) is 3.71. The first-order chi connectivity index (χ1) is 13.6. The molecule has 0 radical (unpaired) electrons. The number of aromatic nitrogens is 1. The smallest absolute Gasteiger partial charge is 0.317 e. The Hall–Kier alpha value is -3.00. The number of oxazole rings is 1. The molecule has 2 aromatic carbocycles. The molecule has 1 atom stereocenters. The van der Waals surface area contributed by atoms with Crippen molar-refractivity contribution in [3.8, 4) is 5.75 Å². The number of rotatable bonds is 8. The number of carbonyl (C=O) groups is 2. The lowest BCUT2D eigenvalue weighted by Gasteiger charge is -2.15. The fraction of sp³-hybridized carbons (Fsp3) is 0.250. The van der Waals surface area contributed by atoms with Crippen molar-refractivity contribution in [2.24, 2.45) is 0 Å². The van der Waals surface area contributed by atoms with E-state index in [0.717, 1.165) is 17.3 Å². The Labute approximate surface area is 166 Å². The molecule has 0 aliphatic heterocycles. The fourth-order valence-corrected chi connectivity index (χ4v) is 3.02. The Morgan fingerprint density at radius 1 is 1.18 bits per heavy atom. The number of fused-ring (bicyclic) bond motifs is 1. The summed E-state index contributed by atoms with van der Waals surface area (Å²) in [6, 6.07) is 14.4. The predicted octanol–water partition coefficient (Wildman–Crippen LogP) is 3.89. The number of para-hydroxylation sites is 4. The van der Waals surface area contributed by atoms with E-state index < -0.39 is 18.0 Å². The predicted molar refractivity (Wildman–Crippen MR) is 107 cm³/mol. The van der Waals surface area contributed by atoms with Crippen LogP contribution in [0.3, 0.4) is 0 Å². The number of amides is 1. The van der Waals surface area contributed by atoms with E-state index in [0.29, 0.717) is 28.8 Å². The minimum atomic E-state index is -0.952. The standard InChI is InChI=1S/C20H20N2O5S/c1-3-25-16-10-6-4-8-14(16)21-19(24)13(2)26-18(23)12-28-20-22-15-9-5-7-11-17(15)27-20/h4-11,13H,3,12H2,1-2H3,(H,21,24)/t13-/m1/s1. The van der Waals surface area contributed by atoms with Crippen LogP contribution in [0.25, 0.3) is 11.1 Å². The van der Waals surface area contributed by atoms with Gasteiger partial charge in [0, 0.05) is 0 Å². The van der Waals surface area contributed by atoms with Crippen LogP contribution in [0, 0.1) is 0 Å². The molecule has 1 aromatic heterocycles. The molecule has 0 unspecified atom stereocenters. The zero-order valence-electron chi connectivity index (χ0n) is 15.5. The van der Waals surface area contributed by atoms with Crippen LogP contribution in [0.2, 0.25) is 0 Å². The Morgan fingerprint density at radius 2 is 1.93 bits per heavy atom. The third-order valence-corrected chi connectivity index (χ3v) is 4.51. The zero-order valence-corrected chi connectivity index (χ0v) is 16.3. The Balaban J connectivity index is 1.51. The number of anilines is 1. The molecule has 28 heavy (non-hydrogen) atoms. The van der Waals surface area contributed by atoms with Crippen molar-refractivity contribution >= 4 is 40.4 Å². The minimum Gasteiger partial charge on any atom is -0.492 e. The van der Waals surface area contributed by atoms with Crippen molar-refractivity contribution in [1.29, 1.82) is 0 Å². The van der Waals surface area contributed by atoms with Crippen LogP contribution in [0.1, 0.15) is 13.8 Å². The van der Waals surface area contributed by atoms with Gasteiger partial charge in [-0.3, -0.25) is 9.59 Å². The summed E-state index contributed by atoms with van der Waals surface area (Å²) in [6.07, 6.45) is -0.952. The van der Waals surface area contributed by atoms with Gasteiger partial charge >= 0.3 is 5.97 Å². The molecular weight excluding hydrogens is 380 g/mol. The van der Waals surface area contributed by atoms with Crippen molar-refractivity contribution in [1.82, 2.24) is 4.98 Å². The maximum atomic E-state index is 12.3. The highest BCUT2D eigenvalue weighted by Gasteiger charge is 2.20. The average Bonchev–Trinajstić information content (AvgIpc) is 3.11. The Morgan fingerprint density at radius 3 is 2.71 bits per heavy atom. The van der Waals surface area contributed by atoms with Crippen LogP contribution in [0.5, 0.6) is 5.75 Å². The van der Waals surface area contributed by atoms with E-state index in [4.69, 9.17) is 13.9 Å². The molecule has 0 saturated carbocycles. The van der Waals surface area contributed by atoms with Gasteiger partial charge in [-0.15, -0.1) is 0 Å². The summed E-state index contributed by atoms with van der Waals surface area (Å²) in [7, 11) is 0. The van der Waals surface area contributed by atoms with Crippen LogP contribution >= 0.6 is 11.8 Å². The van der Waals surface area contributed by atoms with Crippen molar-refractivity contribution in [2.45, 2.75) is 25.2 Å². The summed E-state index contributed by atoms with van der Waals surface area (Å²) in [5, 5.41) is 3.09. The summed E-state index contributed by atoms with van der Waals surface area (Å²) in [6.45, 7) is 3.85. The van der Waals surface area contributed by atoms with Crippen LogP contribution in [0.4, 0.5) is 5.69 Å². The van der Waals surface area contributed by atoms with Crippen LogP contribution in [0.15, 0.2) is 58.2 Å². The molecular formula is C20H20N2O5S. The number of hydrogen-bond donors (Lipinski definition) is 1. The topological polar surface area (TPSA) is 90.7 Å². The maximum Gasteiger partial charge on any atom is 0.317 e. The second-order valence-corrected chi connectivity index (χ2v) is 6.71. The summed E-state index contributed by atoms with van der Waals surface area (Å²) in [4.78, 5) is 28.6. The second kappa shape index (κ2) is 9.27. The van der Waals surface area contributed by atoms with Crippen LogP contribution < -0.4 is 10.1 Å². The molecule has 0 fully saturated rings. The first-order valence-corrected chi connectivity index (χ1v) is 9.76. The molecule has 7 nitrogen and oxygen atoms in total. The average molecular weight is 400 g/mol. The SMILES string of the molecule is CCOc1ccccc1NC(=O)[C@@H](C)OC(=O)CSc1nc2ccccc2o1. The van der Waals surface area contributed by atoms with E-state index in [-0.39, 0.29) is 5.75 Å². The number of esters is 1. The lowest BCUT2D eigenvalue weighted by molar-refractivity contribution is -0.150. The second-order valence-electron chi connectivity index (χ2n) is 5.79. The fourth-order valence-electron chi connectivity index (χ4n) is 2.40. The molecule has 3 rings (SSSR count). The monoisotopic (exact) mass is 400 g/mol. The highest BCUT2D eigenvalue weighted by Crippen LogP contribution is 2.25. The third kappa shape index (κ3) is 5.04. The van der Waals surface area contributed by atoms with Gasteiger partial charge in [0.2, 0.25) is 0 Å². The van der Waals surface area contributed by atoms with Gasteiger partial charge < -0.3 is 19.2 Å². The number of thioether (sulfide) groups is 1. The molecule has 0 saturated heterocycles. The molecule has 3 aromatic rings. The number of hydrogen-bond acceptors (Lipinski definition) is 7. The van der Waals surface area contributed by atoms with Gasteiger partial charge in [0.1, 0.15) is 17.0 Å². The summed E-state index contributed by atoms with van der Waals surface area (Å²) >= 11 is 1.12. The molecule has 1 heterocycles. The number of benzene rings is 2. The number of ether oxygens (including phenoxy) is 2. The molecule has 0 spiro atoms. The molecule has 8 heteroatoms. The van der Waals surface area contributed by atoms with Crippen molar-refractivity contribution < 1.29 is 23.5 Å². The quantitative estimate of drug-likeness (QED) is 0.453. The van der Waals surface area contributed by atoms with Gasteiger partial charge in [0.15, 0.2) is 11.7 Å². The lowest BCUT2D eigenvalue weighted by atomic mass is 10.2. The highest BCUT2D eigenvalue weighted by atomic mass is 32.2. The van der Waals surface area contributed by atoms with E-state index in [9.17, 15) is 9.59 Å². The molecule has 0 aliphatic carbocycles. The van der Waals surface area contributed by atoms with Gasteiger partial charge in [-0.05, 0) is 38.1 Å². The highest BCUT2D eigenvalue weighted by molar-refractivity contribution is 7.99. The van der Waals surface area contributed by atoms with E-state index in [2.05, 4.69) is 10.3 Å². The maximum absolute atomic E-state index is 12.3. The van der Waals surface area contributed by atoms with Crippen molar-refractivity contribution in [2.75, 3.05) is 17.7 Å². The normalized spacial score (nSPS) is 11.8. The minimum absolute atomic E-state index is 0.0139. The summed E-state index contributed by atoms with van der Waals surface area (Å²) in [5.74, 6) is -0.427. The van der Waals surface area contributed by atoms with Gasteiger partial charge in [-0.1, -0.05) is 36.0 Å². The van der Waals surface area contributed by atoms with E-state index in [1.54, 1.807) is 24.3 Å². The van der Waals surface area contributed by atoms with E-state index >= 15 is 0 Å². The molecule has 1 amide bonds. The first-order valence-electron chi connectivity index (χ1n) is 8.77. The number of nitrogens with one attached hydrogen (secondary N) is 1. The Bertz CT molecular complexity index is 939. The molecule has 1 N–H and O–H groups in total. The zero-order chi connectivity index (χ0) is 19.9. The number of carbonyl (C=O) groups excluding carboxylic acids is 2. The lowest BCUT2D eigenvalue weighted by Crippen LogP contribution is -2.30. The van der Waals surface area contributed by atoms with E-state index in [1.807, 2.05) is 31.2 Å². The van der Waals surface area contributed by atoms with Crippen molar-refractivity contribution in [3.05, 3.63) is 48.5 Å². The van der Waals surface area contributed by atoms with Gasteiger partial charge in [-0.2, -0.15) is 0 Å². The number of nitrogens with zero attached hydrogens (tertiary/aromatic N) is 1. The van der Waals surface area contributed by atoms with Crippen LogP contribution in [-0.2, 0) is 14.3 Å². The molecule has 0 aliphatic rings. The largest absolute Gasteiger partial charge is 0.492 e. The van der Waals surface area contributed by atoms with Gasteiger partial charge in [0.25, 0.3) is 11.1 Å². The molecule has 146 valence electrons. The van der Waals surface area contributed by atoms with Crippen LogP contribution in [-0.4, -0.2) is 35.3 Å². The summed E-state index contributed by atoms with van der Waals surface area (Å²) in [5.41, 5.74) is 1.90. The van der Waals surface area contributed by atoms with Gasteiger partial charge in [-0.25, -0.2) is 4.98 Å².